The second-order valence-electron chi connectivity index (χ2n) is 17.0. The quantitative estimate of drug-likeness (QED) is 0.134. The van der Waals surface area contributed by atoms with Gasteiger partial charge in [0.25, 0.3) is 0 Å². The van der Waals surface area contributed by atoms with Crippen LogP contribution in [-0.2, 0) is 33.8 Å². The molecule has 1 aromatic rings. The highest BCUT2D eigenvalue weighted by Gasteiger charge is 2.69. The van der Waals surface area contributed by atoms with Gasteiger partial charge in [-0.15, -0.1) is 24.7 Å². The third kappa shape index (κ3) is 9.28. The molecule has 0 bridgehead atoms. The van der Waals surface area contributed by atoms with Crippen molar-refractivity contribution in [3.63, 3.8) is 0 Å². The van der Waals surface area contributed by atoms with Crippen molar-refractivity contribution >= 4 is 38.9 Å². The van der Waals surface area contributed by atoms with Crippen molar-refractivity contribution in [2.45, 2.75) is 123 Å². The minimum absolute atomic E-state index is 0.0570. The van der Waals surface area contributed by atoms with Gasteiger partial charge in [0.1, 0.15) is 5.78 Å². The first-order valence-corrected chi connectivity index (χ1v) is 20.1. The smallest absolute Gasteiger partial charge is 0.227 e. The summed E-state index contributed by atoms with van der Waals surface area (Å²) in [6.07, 6.45) is 15.0. The number of piperidine rings is 1. The van der Waals surface area contributed by atoms with Crippen LogP contribution >= 0.6 is 0 Å². The van der Waals surface area contributed by atoms with Gasteiger partial charge in [0, 0.05) is 56.9 Å². The number of hydrogen-bond acceptors (Lipinski definition) is 7. The summed E-state index contributed by atoms with van der Waals surface area (Å²) < 4.78 is 27.1. The van der Waals surface area contributed by atoms with Gasteiger partial charge >= 0.3 is 0 Å². The first-order chi connectivity index (χ1) is 23.9. The molecule has 8 nitrogen and oxygen atoms in total. The molecule has 3 aliphatic rings. The lowest BCUT2D eigenvalue weighted by Crippen LogP contribution is -2.51. The SMILES string of the molecule is C#CCCC(=O)C(=O)C(CCC#C)CC(=O)[C@@H]1[C@@H]2C(CN1C(=O)[C@@H](CC(=O)CC1(CS(=O)(=O)c3ccccc3)CCCCC1)C(C)(C)C)C2(C)C. The number of carbonyl (C=O) groups is 5. The molecule has 0 aromatic heterocycles. The van der Waals surface area contributed by atoms with Crippen molar-refractivity contribution in [1.29, 1.82) is 0 Å². The number of nitrogens with zero attached hydrogens (tertiary/aromatic N) is 1. The summed E-state index contributed by atoms with van der Waals surface area (Å²) in [4.78, 5) is 70.5. The number of hydrogen-bond donors (Lipinski definition) is 0. The lowest BCUT2D eigenvalue weighted by atomic mass is 9.70. The summed E-state index contributed by atoms with van der Waals surface area (Å²) in [5, 5.41) is 0. The number of sulfone groups is 1. The number of rotatable bonds is 17. The third-order valence-corrected chi connectivity index (χ3v) is 13.9. The summed E-state index contributed by atoms with van der Waals surface area (Å²) in [7, 11) is -3.64. The molecule has 0 spiro atoms. The first kappa shape index (κ1) is 40.2. The van der Waals surface area contributed by atoms with Crippen molar-refractivity contribution < 1.29 is 32.4 Å². The first-order valence-electron chi connectivity index (χ1n) is 18.5. The highest BCUT2D eigenvalue weighted by Crippen LogP contribution is 2.65. The zero-order valence-corrected chi connectivity index (χ0v) is 31.9. The number of likely N-dealkylation sites (tertiary alicyclic amines) is 1. The Kier molecular flexibility index (Phi) is 12.6. The molecule has 1 amide bonds. The minimum atomic E-state index is -3.64. The van der Waals surface area contributed by atoms with E-state index in [9.17, 15) is 32.4 Å². The highest BCUT2D eigenvalue weighted by atomic mass is 32.2. The summed E-state index contributed by atoms with van der Waals surface area (Å²) in [6.45, 7) is 10.3. The van der Waals surface area contributed by atoms with E-state index in [0.717, 1.165) is 19.3 Å². The molecular formula is C42H55NO7S. The van der Waals surface area contributed by atoms with Crippen molar-refractivity contribution in [1.82, 2.24) is 4.90 Å². The van der Waals surface area contributed by atoms with Gasteiger partial charge in [0.15, 0.2) is 21.4 Å². The van der Waals surface area contributed by atoms with Crippen LogP contribution in [0.5, 0.6) is 0 Å². The van der Waals surface area contributed by atoms with Gasteiger partial charge < -0.3 is 4.90 Å². The Morgan fingerprint density at radius 2 is 1.57 bits per heavy atom. The second kappa shape index (κ2) is 16.0. The molecule has 3 fully saturated rings. The Morgan fingerprint density at radius 3 is 2.16 bits per heavy atom. The van der Waals surface area contributed by atoms with E-state index in [2.05, 4.69) is 25.7 Å². The molecule has 9 heteroatoms. The molecule has 1 aromatic carbocycles. The molecule has 2 saturated carbocycles. The molecule has 276 valence electrons. The molecule has 1 heterocycles. The van der Waals surface area contributed by atoms with Crippen LogP contribution in [-0.4, -0.2) is 60.7 Å². The number of ketones is 4. The topological polar surface area (TPSA) is 123 Å². The van der Waals surface area contributed by atoms with Crippen LogP contribution in [0.15, 0.2) is 35.2 Å². The van der Waals surface area contributed by atoms with Crippen LogP contribution in [0.2, 0.25) is 0 Å². The lowest BCUT2D eigenvalue weighted by Gasteiger charge is -2.39. The predicted molar refractivity (Wildman–Crippen MR) is 197 cm³/mol. The molecule has 1 aliphatic heterocycles. The van der Waals surface area contributed by atoms with Gasteiger partial charge in [0.2, 0.25) is 11.7 Å². The molecule has 51 heavy (non-hydrogen) atoms. The predicted octanol–water partition coefficient (Wildman–Crippen LogP) is 6.45. The number of amides is 1. The van der Waals surface area contributed by atoms with Crippen LogP contribution in [0.1, 0.15) is 112 Å². The Morgan fingerprint density at radius 1 is 0.941 bits per heavy atom. The molecule has 2 unspecified atom stereocenters. The third-order valence-electron chi connectivity index (χ3n) is 11.9. The normalized spacial score (nSPS) is 23.2. The van der Waals surface area contributed by atoms with Crippen molar-refractivity contribution in [3.05, 3.63) is 30.3 Å². The fourth-order valence-electron chi connectivity index (χ4n) is 8.84. The fraction of sp³-hybridized carbons (Fsp3) is 0.643. The van der Waals surface area contributed by atoms with Crippen LogP contribution in [0.25, 0.3) is 0 Å². The van der Waals surface area contributed by atoms with Crippen LogP contribution < -0.4 is 0 Å². The molecule has 2 aliphatic carbocycles. The largest absolute Gasteiger partial charge is 0.332 e. The fourth-order valence-corrected chi connectivity index (χ4v) is 10.8. The Bertz CT molecular complexity index is 1680. The average Bonchev–Trinajstić information content (AvgIpc) is 3.38. The van der Waals surface area contributed by atoms with Crippen LogP contribution in [0, 0.1) is 64.6 Å². The number of terminal acetylenes is 2. The monoisotopic (exact) mass is 717 g/mol. The van der Waals surface area contributed by atoms with Gasteiger partial charge in [-0.25, -0.2) is 8.42 Å². The summed E-state index contributed by atoms with van der Waals surface area (Å²) in [5.41, 5.74) is -1.51. The zero-order valence-electron chi connectivity index (χ0n) is 31.0. The minimum Gasteiger partial charge on any atom is -0.332 e. The van der Waals surface area contributed by atoms with E-state index in [4.69, 9.17) is 12.8 Å². The Hall–Kier alpha value is -3.56. The van der Waals surface area contributed by atoms with Crippen LogP contribution in [0.4, 0.5) is 0 Å². The van der Waals surface area contributed by atoms with E-state index in [1.165, 1.54) is 0 Å². The Labute approximate surface area is 305 Å². The molecular weight excluding hydrogens is 663 g/mol. The van der Waals surface area contributed by atoms with E-state index in [-0.39, 0.29) is 90.3 Å². The maximum atomic E-state index is 14.6. The molecule has 0 radical (unpaired) electrons. The second-order valence-corrected chi connectivity index (χ2v) is 19.0. The van der Waals surface area contributed by atoms with Gasteiger partial charge in [-0.2, -0.15) is 0 Å². The maximum absolute atomic E-state index is 14.6. The van der Waals surface area contributed by atoms with Crippen molar-refractivity contribution in [2.24, 2.45) is 39.9 Å². The highest BCUT2D eigenvalue weighted by molar-refractivity contribution is 7.91. The molecule has 1 saturated heterocycles. The zero-order chi connectivity index (χ0) is 37.8. The summed E-state index contributed by atoms with van der Waals surface area (Å²) >= 11 is 0. The van der Waals surface area contributed by atoms with Crippen molar-refractivity contribution in [3.8, 4) is 24.7 Å². The van der Waals surface area contributed by atoms with Gasteiger partial charge in [-0.3, -0.25) is 24.0 Å². The van der Waals surface area contributed by atoms with Gasteiger partial charge in [-0.1, -0.05) is 72.1 Å². The van der Waals surface area contributed by atoms with E-state index < -0.39 is 50.1 Å². The molecule has 4 rings (SSSR count). The van der Waals surface area contributed by atoms with E-state index in [1.54, 1.807) is 35.2 Å². The number of carbonyl (C=O) groups excluding carboxylic acids is 5. The van der Waals surface area contributed by atoms with E-state index >= 15 is 0 Å². The van der Waals surface area contributed by atoms with Crippen molar-refractivity contribution in [2.75, 3.05) is 12.3 Å². The van der Waals surface area contributed by atoms with E-state index in [1.807, 2.05) is 20.8 Å². The number of Topliss-reactive ketones (excluding diaryl/α,β-unsaturated/α-hetero) is 4. The standard InChI is InChI=1S/C42H55NO7S/c1-8-10-18-29(38(47)34(45)21-11-9-2)24-35(46)37-36-33(41(36,6)7)27-43(37)39(48)32(40(3,4)5)25-30(44)26-42(22-16-13-17-23-42)28-51(49,50)31-19-14-12-15-20-31/h1-2,12,14-15,19-20,29,32-33,36-37H,10-11,13,16-18,21-28H2,3-7H3/t29?,32-,33?,36+,37-/m1/s1. The Balaban J connectivity index is 1.56. The maximum Gasteiger partial charge on any atom is 0.227 e. The molecule has 5 atom stereocenters. The molecule has 0 N–H and O–H groups in total. The number of fused-ring (bicyclic) bond motifs is 1. The summed E-state index contributed by atoms with van der Waals surface area (Å²) in [6, 6.07) is 7.57. The van der Waals surface area contributed by atoms with E-state index in [0.29, 0.717) is 19.4 Å². The average molecular weight is 718 g/mol. The van der Waals surface area contributed by atoms with Crippen LogP contribution in [0.3, 0.4) is 0 Å². The number of benzene rings is 1. The van der Waals surface area contributed by atoms with Gasteiger partial charge in [-0.05, 0) is 59.5 Å². The van der Waals surface area contributed by atoms with Gasteiger partial charge in [0.05, 0.1) is 16.7 Å². The summed E-state index contributed by atoms with van der Waals surface area (Å²) in [5.74, 6) is 1.16. The lowest BCUT2D eigenvalue weighted by molar-refractivity contribution is -0.148.